The lowest BCUT2D eigenvalue weighted by atomic mass is 9.89. The molecule has 0 aliphatic heterocycles. The predicted molar refractivity (Wildman–Crippen MR) is 218 cm³/mol. The fourth-order valence-corrected chi connectivity index (χ4v) is 7.95. The highest BCUT2D eigenvalue weighted by Crippen LogP contribution is 2.45. The number of anilines is 4. The molecule has 9 rings (SSSR count). The molecular weight excluding hydrogens is 605 g/mol. The Hall–Kier alpha value is -6.38. The first-order valence-electron chi connectivity index (χ1n) is 17.2. The minimum atomic E-state index is 1.08. The van der Waals surface area contributed by atoms with Crippen LogP contribution in [0.25, 0.3) is 59.6 Å². The summed E-state index contributed by atoms with van der Waals surface area (Å²) < 4.78 is 0. The topological polar surface area (TPSA) is 6.48 Å². The van der Waals surface area contributed by atoms with Gasteiger partial charge in [0.1, 0.15) is 0 Å². The zero-order chi connectivity index (χ0) is 33.8. The van der Waals surface area contributed by atoms with Gasteiger partial charge in [-0.15, -0.1) is 0 Å². The maximum atomic E-state index is 4.12. The van der Waals surface area contributed by atoms with Gasteiger partial charge < -0.3 is 9.80 Å². The molecule has 0 amide bonds. The zero-order valence-corrected chi connectivity index (χ0v) is 28.3. The van der Waals surface area contributed by atoms with Gasteiger partial charge in [-0.2, -0.15) is 0 Å². The number of fused-ring (bicyclic) bond motifs is 3. The summed E-state index contributed by atoms with van der Waals surface area (Å²) >= 11 is 0. The molecule has 9 aromatic carbocycles. The van der Waals surface area contributed by atoms with Crippen molar-refractivity contribution in [1.29, 1.82) is 0 Å². The largest absolute Gasteiger partial charge is 0.344 e. The number of allylic oxidation sites excluding steroid dienone is 2. The second-order valence-corrected chi connectivity index (χ2v) is 13.1. The second kappa shape index (κ2) is 11.9. The molecule has 0 aliphatic carbocycles. The Morgan fingerprint density at radius 2 is 1.04 bits per heavy atom. The van der Waals surface area contributed by atoms with Gasteiger partial charge in [-0.3, -0.25) is 0 Å². The minimum absolute atomic E-state index is 1.08. The lowest BCUT2D eigenvalue weighted by molar-refractivity contribution is 1.21. The number of rotatable bonds is 7. The molecule has 50 heavy (non-hydrogen) atoms. The van der Waals surface area contributed by atoms with E-state index in [0.717, 1.165) is 22.8 Å². The Balaban J connectivity index is 1.19. The summed E-state index contributed by atoms with van der Waals surface area (Å²) in [4.78, 5) is 4.69. The van der Waals surface area contributed by atoms with E-state index in [1.165, 1.54) is 70.7 Å². The van der Waals surface area contributed by atoms with E-state index in [0.29, 0.717) is 0 Å². The van der Waals surface area contributed by atoms with Crippen LogP contribution < -0.4 is 9.80 Å². The summed E-state index contributed by atoms with van der Waals surface area (Å²) in [6.07, 6.45) is 4.01. The molecule has 0 fully saturated rings. The van der Waals surface area contributed by atoms with Crippen LogP contribution in [-0.2, 0) is 0 Å². The van der Waals surface area contributed by atoms with E-state index in [-0.39, 0.29) is 0 Å². The number of hydrogen-bond acceptors (Lipinski definition) is 2. The number of benzene rings is 9. The molecule has 0 atom stereocenters. The normalized spacial score (nSPS) is 12.0. The van der Waals surface area contributed by atoms with Crippen molar-refractivity contribution in [3.05, 3.63) is 188 Å². The third-order valence-corrected chi connectivity index (χ3v) is 10.3. The summed E-state index contributed by atoms with van der Waals surface area (Å²) in [6, 6.07) is 57.4. The minimum Gasteiger partial charge on any atom is -0.344 e. The monoisotopic (exact) mass is 640 g/mol. The summed E-state index contributed by atoms with van der Waals surface area (Å²) in [5, 5.41) is 12.8. The average molecular weight is 641 g/mol. The first kappa shape index (κ1) is 29.7. The van der Waals surface area contributed by atoms with Crippen molar-refractivity contribution in [1.82, 2.24) is 0 Å². The SMILES string of the molecule is C=C/C=C(\c1ccccc1C)N(c1ccc(N(C)c2ccc3c4cccc5cccc(c6cccc2c63)c54)cc1)c1cccc2ccccc12. The fraction of sp³-hybridized carbons (Fsp3) is 0.0417. The van der Waals surface area contributed by atoms with Gasteiger partial charge in [0.15, 0.2) is 0 Å². The second-order valence-electron chi connectivity index (χ2n) is 13.1. The molecule has 0 saturated heterocycles. The van der Waals surface area contributed by atoms with E-state index in [4.69, 9.17) is 0 Å². The van der Waals surface area contributed by atoms with Crippen molar-refractivity contribution in [3.8, 4) is 0 Å². The highest BCUT2D eigenvalue weighted by atomic mass is 15.2. The van der Waals surface area contributed by atoms with E-state index in [1.807, 2.05) is 6.08 Å². The maximum Gasteiger partial charge on any atom is 0.0540 e. The summed E-state index contributed by atoms with van der Waals surface area (Å²) in [5.74, 6) is 0. The third-order valence-electron chi connectivity index (χ3n) is 10.3. The average Bonchev–Trinajstić information content (AvgIpc) is 3.17. The molecule has 0 radical (unpaired) electrons. The van der Waals surface area contributed by atoms with Gasteiger partial charge in [-0.1, -0.05) is 134 Å². The van der Waals surface area contributed by atoms with Crippen molar-refractivity contribution in [2.24, 2.45) is 0 Å². The quantitative estimate of drug-likeness (QED) is 0.0971. The van der Waals surface area contributed by atoms with Crippen LogP contribution in [0.3, 0.4) is 0 Å². The van der Waals surface area contributed by atoms with Crippen molar-refractivity contribution < 1.29 is 0 Å². The van der Waals surface area contributed by atoms with Crippen LogP contribution >= 0.6 is 0 Å². The first-order chi connectivity index (χ1) is 24.6. The molecule has 0 heterocycles. The van der Waals surface area contributed by atoms with Crippen LogP contribution in [0.2, 0.25) is 0 Å². The summed E-state index contributed by atoms with van der Waals surface area (Å²) in [7, 11) is 2.18. The molecule has 238 valence electrons. The van der Waals surface area contributed by atoms with Crippen LogP contribution in [0.1, 0.15) is 11.1 Å². The van der Waals surface area contributed by atoms with Gasteiger partial charge in [-0.05, 0) is 98.1 Å². The van der Waals surface area contributed by atoms with Crippen LogP contribution in [0, 0.1) is 6.92 Å². The van der Waals surface area contributed by atoms with Gasteiger partial charge in [0.2, 0.25) is 0 Å². The van der Waals surface area contributed by atoms with E-state index >= 15 is 0 Å². The van der Waals surface area contributed by atoms with Crippen molar-refractivity contribution in [3.63, 3.8) is 0 Å². The highest BCUT2D eigenvalue weighted by molar-refractivity contribution is 6.34. The molecule has 0 aliphatic rings. The molecular formula is C48H36N2. The highest BCUT2D eigenvalue weighted by Gasteiger charge is 2.21. The lowest BCUT2D eigenvalue weighted by Gasteiger charge is -2.31. The molecule has 0 aromatic heterocycles. The molecule has 0 N–H and O–H groups in total. The fourth-order valence-electron chi connectivity index (χ4n) is 7.95. The van der Waals surface area contributed by atoms with Crippen molar-refractivity contribution in [2.45, 2.75) is 6.92 Å². The Labute approximate surface area is 292 Å². The van der Waals surface area contributed by atoms with Crippen LogP contribution in [0.4, 0.5) is 22.7 Å². The molecule has 0 spiro atoms. The van der Waals surface area contributed by atoms with Gasteiger partial charge >= 0.3 is 0 Å². The van der Waals surface area contributed by atoms with Crippen LogP contribution in [-0.4, -0.2) is 7.05 Å². The number of nitrogens with zero attached hydrogens (tertiary/aromatic N) is 2. The molecule has 0 saturated carbocycles. The van der Waals surface area contributed by atoms with E-state index in [9.17, 15) is 0 Å². The van der Waals surface area contributed by atoms with Gasteiger partial charge in [0, 0.05) is 40.4 Å². The van der Waals surface area contributed by atoms with E-state index < -0.39 is 0 Å². The number of aryl methyl sites for hydroxylation is 1. The zero-order valence-electron chi connectivity index (χ0n) is 28.3. The Bertz CT molecular complexity index is 2700. The van der Waals surface area contributed by atoms with Crippen molar-refractivity contribution in [2.75, 3.05) is 16.8 Å². The van der Waals surface area contributed by atoms with E-state index in [2.05, 4.69) is 194 Å². The van der Waals surface area contributed by atoms with E-state index in [1.54, 1.807) is 0 Å². The molecule has 0 unspecified atom stereocenters. The van der Waals surface area contributed by atoms with Crippen LogP contribution in [0.15, 0.2) is 176 Å². The van der Waals surface area contributed by atoms with Crippen LogP contribution in [0.5, 0.6) is 0 Å². The maximum absolute atomic E-state index is 4.12. The summed E-state index contributed by atoms with van der Waals surface area (Å²) in [5.41, 5.74) is 7.97. The molecule has 9 aromatic rings. The Morgan fingerprint density at radius 1 is 0.480 bits per heavy atom. The van der Waals surface area contributed by atoms with Gasteiger partial charge in [-0.25, -0.2) is 0 Å². The van der Waals surface area contributed by atoms with Gasteiger partial charge in [0.05, 0.1) is 11.4 Å². The van der Waals surface area contributed by atoms with Gasteiger partial charge in [0.25, 0.3) is 0 Å². The van der Waals surface area contributed by atoms with Crippen molar-refractivity contribution >= 4 is 82.3 Å². The molecule has 2 nitrogen and oxygen atoms in total. The molecule has 2 heteroatoms. The summed E-state index contributed by atoms with van der Waals surface area (Å²) in [6.45, 7) is 6.29. The predicted octanol–water partition coefficient (Wildman–Crippen LogP) is 13.3. The smallest absolute Gasteiger partial charge is 0.0540 e. The molecule has 0 bridgehead atoms. The Kier molecular flexibility index (Phi) is 7.10. The first-order valence-corrected chi connectivity index (χ1v) is 17.2. The number of hydrogen-bond donors (Lipinski definition) is 0. The standard InChI is InChI=1S/C48H36N2/c1-4-13-45(37-19-7-5-14-32(37)2)50(46-25-11-16-33-15-6-8-20-38(33)46)36-28-26-35(27-29-36)49(3)44-31-30-42-40-22-10-18-34-17-9-21-39(47(34)40)41-23-12-24-43(44)48(41)42/h4-31H,1H2,2-3H3/b45-13+. The lowest BCUT2D eigenvalue weighted by Crippen LogP contribution is -2.17. The Morgan fingerprint density at radius 3 is 1.80 bits per heavy atom. The third kappa shape index (κ3) is 4.64.